The standard InChI is InChI=1S/C25H21ClFNO2S/c1-30-11-10-28-25(29)18-5-2-4-17(14-18)20-6-3-7-24-21(20)15-19(31-24)12-16-8-9-23(27)22(26)13-16/h2-9,13-15H,10-12H2,1H3,(H,28,29). The molecule has 0 saturated heterocycles. The van der Waals surface area contributed by atoms with Gasteiger partial charge in [-0.3, -0.25) is 4.79 Å². The molecular weight excluding hydrogens is 433 g/mol. The predicted molar refractivity (Wildman–Crippen MR) is 126 cm³/mol. The van der Waals surface area contributed by atoms with E-state index in [1.54, 1.807) is 30.6 Å². The van der Waals surface area contributed by atoms with Gasteiger partial charge in [0.05, 0.1) is 11.6 Å². The molecule has 31 heavy (non-hydrogen) atoms. The maximum Gasteiger partial charge on any atom is 0.251 e. The van der Waals surface area contributed by atoms with Gasteiger partial charge in [0, 0.05) is 40.6 Å². The number of methoxy groups -OCH3 is 1. The quantitative estimate of drug-likeness (QED) is 0.332. The Labute approximate surface area is 189 Å². The van der Waals surface area contributed by atoms with Crippen molar-refractivity contribution in [2.45, 2.75) is 6.42 Å². The molecule has 4 aromatic rings. The van der Waals surface area contributed by atoms with E-state index >= 15 is 0 Å². The van der Waals surface area contributed by atoms with Crippen LogP contribution in [0.5, 0.6) is 0 Å². The van der Waals surface area contributed by atoms with E-state index in [9.17, 15) is 9.18 Å². The van der Waals surface area contributed by atoms with Crippen LogP contribution in [0.4, 0.5) is 4.39 Å². The van der Waals surface area contributed by atoms with Gasteiger partial charge in [-0.15, -0.1) is 11.3 Å². The Morgan fingerprint density at radius 1 is 1.10 bits per heavy atom. The Morgan fingerprint density at radius 2 is 1.94 bits per heavy atom. The maximum atomic E-state index is 13.5. The SMILES string of the molecule is COCCNC(=O)c1cccc(-c2cccc3sc(Cc4ccc(F)c(Cl)c4)cc23)c1. The van der Waals surface area contributed by atoms with Crippen LogP contribution in [0.2, 0.25) is 5.02 Å². The van der Waals surface area contributed by atoms with Crippen LogP contribution in [-0.4, -0.2) is 26.2 Å². The van der Waals surface area contributed by atoms with E-state index in [-0.39, 0.29) is 10.9 Å². The number of rotatable bonds is 7. The normalized spacial score (nSPS) is 11.1. The minimum Gasteiger partial charge on any atom is -0.383 e. The number of ether oxygens (including phenoxy) is 1. The average Bonchev–Trinajstić information content (AvgIpc) is 3.19. The van der Waals surface area contributed by atoms with Gasteiger partial charge in [-0.2, -0.15) is 0 Å². The van der Waals surface area contributed by atoms with Gasteiger partial charge < -0.3 is 10.1 Å². The molecule has 3 aromatic carbocycles. The van der Waals surface area contributed by atoms with Crippen LogP contribution in [-0.2, 0) is 11.2 Å². The van der Waals surface area contributed by atoms with Crippen molar-refractivity contribution in [2.24, 2.45) is 0 Å². The zero-order chi connectivity index (χ0) is 21.8. The molecule has 4 rings (SSSR count). The summed E-state index contributed by atoms with van der Waals surface area (Å²) >= 11 is 7.64. The van der Waals surface area contributed by atoms with Gasteiger partial charge in [0.25, 0.3) is 5.91 Å². The highest BCUT2D eigenvalue weighted by molar-refractivity contribution is 7.19. The molecule has 0 atom stereocenters. The van der Waals surface area contributed by atoms with Gasteiger partial charge in [0.15, 0.2) is 0 Å². The van der Waals surface area contributed by atoms with Crippen molar-refractivity contribution in [3.05, 3.63) is 93.6 Å². The van der Waals surface area contributed by atoms with Crippen molar-refractivity contribution < 1.29 is 13.9 Å². The number of fused-ring (bicyclic) bond motifs is 1. The van der Waals surface area contributed by atoms with E-state index in [4.69, 9.17) is 16.3 Å². The molecule has 0 aliphatic carbocycles. The third-order valence-corrected chi connectivity index (χ3v) is 6.39. The largest absolute Gasteiger partial charge is 0.383 e. The topological polar surface area (TPSA) is 38.3 Å². The molecule has 1 N–H and O–H groups in total. The lowest BCUT2D eigenvalue weighted by molar-refractivity contribution is 0.0937. The van der Waals surface area contributed by atoms with Gasteiger partial charge >= 0.3 is 0 Å². The molecule has 158 valence electrons. The Kier molecular flexibility index (Phi) is 6.66. The highest BCUT2D eigenvalue weighted by Gasteiger charge is 2.12. The molecule has 0 aliphatic rings. The number of halogens is 2. The minimum absolute atomic E-state index is 0.120. The van der Waals surface area contributed by atoms with E-state index in [1.165, 1.54) is 10.9 Å². The number of carbonyl (C=O) groups is 1. The summed E-state index contributed by atoms with van der Waals surface area (Å²) in [6.07, 6.45) is 0.681. The first-order valence-electron chi connectivity index (χ1n) is 9.88. The fourth-order valence-corrected chi connectivity index (χ4v) is 4.83. The zero-order valence-electron chi connectivity index (χ0n) is 17.0. The summed E-state index contributed by atoms with van der Waals surface area (Å²) in [5.74, 6) is -0.527. The number of amides is 1. The Balaban J connectivity index is 1.63. The highest BCUT2D eigenvalue weighted by atomic mass is 35.5. The lowest BCUT2D eigenvalue weighted by Crippen LogP contribution is -2.26. The van der Waals surface area contributed by atoms with Crippen LogP contribution in [0.3, 0.4) is 0 Å². The fraction of sp³-hybridized carbons (Fsp3) is 0.160. The van der Waals surface area contributed by atoms with Crippen molar-refractivity contribution in [1.82, 2.24) is 5.32 Å². The lowest BCUT2D eigenvalue weighted by atomic mass is 9.99. The number of hydrogen-bond acceptors (Lipinski definition) is 3. The second-order valence-corrected chi connectivity index (χ2v) is 8.76. The molecule has 1 aromatic heterocycles. The summed E-state index contributed by atoms with van der Waals surface area (Å²) in [6, 6.07) is 20.8. The van der Waals surface area contributed by atoms with Crippen LogP contribution in [0, 0.1) is 5.82 Å². The average molecular weight is 454 g/mol. The Hall–Kier alpha value is -2.73. The third-order valence-electron chi connectivity index (χ3n) is 5.00. The first kappa shape index (κ1) is 21.5. The number of nitrogens with one attached hydrogen (secondary N) is 1. The van der Waals surface area contributed by atoms with Crippen LogP contribution in [0.15, 0.2) is 66.7 Å². The number of hydrogen-bond donors (Lipinski definition) is 1. The van der Waals surface area contributed by atoms with E-state index in [0.717, 1.165) is 26.8 Å². The summed E-state index contributed by atoms with van der Waals surface area (Å²) in [5, 5.41) is 4.13. The summed E-state index contributed by atoms with van der Waals surface area (Å²) in [6.45, 7) is 0.943. The zero-order valence-corrected chi connectivity index (χ0v) is 18.5. The number of carbonyl (C=O) groups excluding carboxylic acids is 1. The van der Waals surface area contributed by atoms with Gasteiger partial charge in [-0.1, -0.05) is 41.9 Å². The van der Waals surface area contributed by atoms with E-state index in [1.807, 2.05) is 30.3 Å². The number of thiophene rings is 1. The molecule has 3 nitrogen and oxygen atoms in total. The molecule has 0 aliphatic heterocycles. The van der Waals surface area contributed by atoms with Gasteiger partial charge in [-0.25, -0.2) is 4.39 Å². The van der Waals surface area contributed by atoms with Gasteiger partial charge in [0.1, 0.15) is 5.82 Å². The Morgan fingerprint density at radius 3 is 2.74 bits per heavy atom. The molecule has 1 heterocycles. The first-order valence-corrected chi connectivity index (χ1v) is 11.1. The molecule has 0 bridgehead atoms. The summed E-state index contributed by atoms with van der Waals surface area (Å²) < 4.78 is 19.6. The third kappa shape index (κ3) is 4.96. The van der Waals surface area contributed by atoms with Crippen LogP contribution in [0.1, 0.15) is 20.8 Å². The van der Waals surface area contributed by atoms with Gasteiger partial charge in [0.2, 0.25) is 0 Å². The van der Waals surface area contributed by atoms with E-state index in [2.05, 4.69) is 23.5 Å². The van der Waals surface area contributed by atoms with Crippen molar-refractivity contribution in [3.63, 3.8) is 0 Å². The van der Waals surface area contributed by atoms with E-state index < -0.39 is 5.82 Å². The summed E-state index contributed by atoms with van der Waals surface area (Å²) in [7, 11) is 1.60. The molecular formula is C25H21ClFNO2S. The summed E-state index contributed by atoms with van der Waals surface area (Å²) in [4.78, 5) is 13.6. The second-order valence-electron chi connectivity index (χ2n) is 7.18. The maximum absolute atomic E-state index is 13.5. The van der Waals surface area contributed by atoms with E-state index in [0.29, 0.717) is 25.1 Å². The van der Waals surface area contributed by atoms with Crippen molar-refractivity contribution in [2.75, 3.05) is 20.3 Å². The molecule has 0 radical (unpaired) electrons. The molecule has 0 unspecified atom stereocenters. The molecule has 0 fully saturated rings. The van der Waals surface area contributed by atoms with Gasteiger partial charge in [-0.05, 0) is 53.1 Å². The predicted octanol–water partition coefficient (Wildman–Crippen LogP) is 6.33. The summed E-state index contributed by atoms with van der Waals surface area (Å²) in [5.41, 5.74) is 3.64. The first-order chi connectivity index (χ1) is 15.0. The second kappa shape index (κ2) is 9.60. The smallest absolute Gasteiger partial charge is 0.251 e. The molecule has 6 heteroatoms. The monoisotopic (exact) mass is 453 g/mol. The van der Waals surface area contributed by atoms with Crippen molar-refractivity contribution >= 4 is 38.9 Å². The van der Waals surface area contributed by atoms with Crippen LogP contribution < -0.4 is 5.32 Å². The highest BCUT2D eigenvalue weighted by Crippen LogP contribution is 2.35. The van der Waals surface area contributed by atoms with Crippen LogP contribution in [0.25, 0.3) is 21.2 Å². The van der Waals surface area contributed by atoms with Crippen LogP contribution >= 0.6 is 22.9 Å². The molecule has 0 spiro atoms. The van der Waals surface area contributed by atoms with Crippen molar-refractivity contribution in [1.29, 1.82) is 0 Å². The van der Waals surface area contributed by atoms with Crippen molar-refractivity contribution in [3.8, 4) is 11.1 Å². The lowest BCUT2D eigenvalue weighted by Gasteiger charge is -2.08. The number of benzene rings is 3. The Bertz CT molecular complexity index is 1240. The fourth-order valence-electron chi connectivity index (χ4n) is 3.50. The molecule has 0 saturated carbocycles. The minimum atomic E-state index is -0.407. The molecule has 1 amide bonds.